The third-order valence-electron chi connectivity index (χ3n) is 4.49. The van der Waals surface area contributed by atoms with E-state index in [0.29, 0.717) is 0 Å². The van der Waals surface area contributed by atoms with E-state index < -0.39 is 0 Å². The van der Waals surface area contributed by atoms with Gasteiger partial charge in [0.15, 0.2) is 0 Å². The van der Waals surface area contributed by atoms with Crippen LogP contribution in [0.2, 0.25) is 0 Å². The molecule has 0 amide bonds. The van der Waals surface area contributed by atoms with Crippen LogP contribution in [0.15, 0.2) is 30.6 Å². The second kappa shape index (κ2) is 7.05. The van der Waals surface area contributed by atoms with Gasteiger partial charge in [-0.1, -0.05) is 13.0 Å². The van der Waals surface area contributed by atoms with E-state index in [2.05, 4.69) is 41.1 Å². The molecule has 0 N–H and O–H groups in total. The third kappa shape index (κ3) is 3.55. The fourth-order valence-corrected chi connectivity index (χ4v) is 3.41. The lowest BCUT2D eigenvalue weighted by Crippen LogP contribution is -2.32. The van der Waals surface area contributed by atoms with Crippen LogP contribution in [0.5, 0.6) is 0 Å². The van der Waals surface area contributed by atoms with E-state index in [-0.39, 0.29) is 0 Å². The van der Waals surface area contributed by atoms with Crippen LogP contribution >= 0.6 is 0 Å². The summed E-state index contributed by atoms with van der Waals surface area (Å²) < 4.78 is 2.04. The van der Waals surface area contributed by atoms with E-state index in [9.17, 15) is 0 Å². The zero-order valence-corrected chi connectivity index (χ0v) is 13.7. The van der Waals surface area contributed by atoms with Crippen LogP contribution in [0.1, 0.15) is 31.7 Å². The van der Waals surface area contributed by atoms with Crippen LogP contribution in [0.3, 0.4) is 0 Å². The highest BCUT2D eigenvalue weighted by Gasteiger charge is 2.17. The van der Waals surface area contributed by atoms with E-state index in [0.717, 1.165) is 36.7 Å². The van der Waals surface area contributed by atoms with Gasteiger partial charge >= 0.3 is 0 Å². The first-order valence-corrected chi connectivity index (χ1v) is 8.42. The number of hydrogen-bond acceptors (Lipinski definition) is 3. The zero-order chi connectivity index (χ0) is 15.4. The lowest BCUT2D eigenvalue weighted by Gasteiger charge is -2.29. The number of rotatable bonds is 5. The Labute approximate surface area is 133 Å². The number of pyridine rings is 1. The number of nitrogens with zero attached hydrogens (tertiary/aromatic N) is 4. The van der Waals surface area contributed by atoms with Gasteiger partial charge in [0.05, 0.1) is 11.4 Å². The molecule has 1 aliphatic rings. The van der Waals surface area contributed by atoms with Crippen molar-refractivity contribution in [1.29, 1.82) is 0 Å². The van der Waals surface area contributed by atoms with Crippen molar-refractivity contribution in [2.24, 2.45) is 5.92 Å². The van der Waals surface area contributed by atoms with Crippen molar-refractivity contribution >= 4 is 0 Å². The predicted molar refractivity (Wildman–Crippen MR) is 89.7 cm³/mol. The first-order chi connectivity index (χ1) is 10.8. The Hall–Kier alpha value is -1.68. The summed E-state index contributed by atoms with van der Waals surface area (Å²) in [7, 11) is 2.22. The van der Waals surface area contributed by atoms with Crippen LogP contribution in [0, 0.1) is 5.92 Å². The lowest BCUT2D eigenvalue weighted by atomic mass is 9.92. The Balaban J connectivity index is 1.68. The molecule has 1 atom stereocenters. The van der Waals surface area contributed by atoms with Crippen LogP contribution in [-0.2, 0) is 13.0 Å². The standard InChI is InChI=1S/C18H26N4/c1-3-10-22-18(8-9-20-22)17-7-6-15(13-19-17)12-16-5-4-11-21(2)14-16/h6-9,13,16H,3-5,10-12,14H2,1-2H3/t16-/m1/s1. The maximum Gasteiger partial charge on any atom is 0.0883 e. The van der Waals surface area contributed by atoms with Gasteiger partial charge in [-0.2, -0.15) is 5.10 Å². The molecule has 0 bridgehead atoms. The molecule has 4 nitrogen and oxygen atoms in total. The van der Waals surface area contributed by atoms with Gasteiger partial charge in [-0.3, -0.25) is 9.67 Å². The monoisotopic (exact) mass is 298 g/mol. The molecule has 3 heterocycles. The summed E-state index contributed by atoms with van der Waals surface area (Å²) in [6.07, 6.45) is 8.80. The average molecular weight is 298 g/mol. The Morgan fingerprint density at radius 2 is 2.18 bits per heavy atom. The van der Waals surface area contributed by atoms with E-state index in [1.807, 2.05) is 23.1 Å². The van der Waals surface area contributed by atoms with Gasteiger partial charge in [0.2, 0.25) is 0 Å². The molecule has 3 rings (SSSR count). The SMILES string of the molecule is CCCn1nccc1-c1ccc(C[C@H]2CCCN(C)C2)cn1. The topological polar surface area (TPSA) is 34.0 Å². The Bertz CT molecular complexity index is 587. The van der Waals surface area contributed by atoms with Crippen molar-refractivity contribution in [3.63, 3.8) is 0 Å². The van der Waals surface area contributed by atoms with E-state index in [1.165, 1.54) is 31.5 Å². The summed E-state index contributed by atoms with van der Waals surface area (Å²) >= 11 is 0. The van der Waals surface area contributed by atoms with Crippen molar-refractivity contribution in [2.45, 2.75) is 39.2 Å². The minimum atomic E-state index is 0.775. The van der Waals surface area contributed by atoms with Crippen molar-refractivity contribution < 1.29 is 0 Å². The summed E-state index contributed by atoms with van der Waals surface area (Å²) in [6, 6.07) is 6.43. The highest BCUT2D eigenvalue weighted by molar-refractivity contribution is 5.54. The van der Waals surface area contributed by atoms with Crippen LogP contribution in [0.25, 0.3) is 11.4 Å². The normalized spacial score (nSPS) is 19.5. The summed E-state index contributed by atoms with van der Waals surface area (Å²) in [5.41, 5.74) is 3.49. The fraction of sp³-hybridized carbons (Fsp3) is 0.556. The van der Waals surface area contributed by atoms with Crippen molar-refractivity contribution in [1.82, 2.24) is 19.7 Å². The maximum atomic E-state index is 4.67. The van der Waals surface area contributed by atoms with Gasteiger partial charge in [-0.15, -0.1) is 0 Å². The number of piperidine rings is 1. The number of hydrogen-bond donors (Lipinski definition) is 0. The molecule has 1 saturated heterocycles. The van der Waals surface area contributed by atoms with E-state index in [4.69, 9.17) is 0 Å². The minimum absolute atomic E-state index is 0.775. The molecule has 0 aromatic carbocycles. The Kier molecular flexibility index (Phi) is 4.88. The second-order valence-corrected chi connectivity index (χ2v) is 6.47. The fourth-order valence-electron chi connectivity index (χ4n) is 3.41. The summed E-state index contributed by atoms with van der Waals surface area (Å²) in [6.45, 7) is 5.57. The molecule has 1 aliphatic heterocycles. The van der Waals surface area contributed by atoms with Gasteiger partial charge in [0.25, 0.3) is 0 Å². The predicted octanol–water partition coefficient (Wildman–Crippen LogP) is 3.24. The number of likely N-dealkylation sites (tertiary alicyclic amines) is 1. The zero-order valence-electron chi connectivity index (χ0n) is 13.7. The average Bonchev–Trinajstić information content (AvgIpc) is 2.97. The molecule has 2 aromatic heterocycles. The van der Waals surface area contributed by atoms with Crippen molar-refractivity contribution in [3.8, 4) is 11.4 Å². The first kappa shape index (κ1) is 15.2. The molecule has 0 radical (unpaired) electrons. The largest absolute Gasteiger partial charge is 0.306 e. The smallest absolute Gasteiger partial charge is 0.0883 e. The first-order valence-electron chi connectivity index (χ1n) is 8.42. The van der Waals surface area contributed by atoms with Crippen molar-refractivity contribution in [3.05, 3.63) is 36.2 Å². The molecule has 4 heteroatoms. The molecule has 0 aliphatic carbocycles. The summed E-state index contributed by atoms with van der Waals surface area (Å²) in [4.78, 5) is 7.12. The van der Waals surface area contributed by atoms with Crippen molar-refractivity contribution in [2.75, 3.05) is 20.1 Å². The Morgan fingerprint density at radius 3 is 2.91 bits per heavy atom. The van der Waals surface area contributed by atoms with Gasteiger partial charge < -0.3 is 4.90 Å². The van der Waals surface area contributed by atoms with Gasteiger partial charge in [-0.25, -0.2) is 0 Å². The minimum Gasteiger partial charge on any atom is -0.306 e. The van der Waals surface area contributed by atoms with Crippen LogP contribution in [0.4, 0.5) is 0 Å². The molecule has 2 aromatic rings. The summed E-state index contributed by atoms with van der Waals surface area (Å²) in [5, 5.41) is 4.38. The Morgan fingerprint density at radius 1 is 1.27 bits per heavy atom. The molecule has 0 spiro atoms. The van der Waals surface area contributed by atoms with E-state index >= 15 is 0 Å². The molecule has 118 valence electrons. The van der Waals surface area contributed by atoms with Crippen LogP contribution < -0.4 is 0 Å². The molecule has 0 saturated carbocycles. The quantitative estimate of drug-likeness (QED) is 0.850. The van der Waals surface area contributed by atoms with E-state index in [1.54, 1.807) is 0 Å². The van der Waals surface area contributed by atoms with Gasteiger partial charge in [0, 0.05) is 25.5 Å². The molecule has 1 fully saturated rings. The number of aryl methyl sites for hydroxylation is 1. The highest BCUT2D eigenvalue weighted by atomic mass is 15.3. The molecular formula is C18H26N4. The van der Waals surface area contributed by atoms with Gasteiger partial charge in [-0.05, 0) is 62.9 Å². The molecule has 22 heavy (non-hydrogen) atoms. The molecule has 0 unspecified atom stereocenters. The number of aromatic nitrogens is 3. The van der Waals surface area contributed by atoms with Crippen LogP contribution in [-0.4, -0.2) is 39.8 Å². The third-order valence-corrected chi connectivity index (χ3v) is 4.49. The maximum absolute atomic E-state index is 4.67. The second-order valence-electron chi connectivity index (χ2n) is 6.47. The van der Waals surface area contributed by atoms with Gasteiger partial charge in [0.1, 0.15) is 0 Å². The lowest BCUT2D eigenvalue weighted by molar-refractivity contribution is 0.209. The summed E-state index contributed by atoms with van der Waals surface area (Å²) in [5.74, 6) is 0.775. The molecular weight excluding hydrogens is 272 g/mol. The highest BCUT2D eigenvalue weighted by Crippen LogP contribution is 2.21.